The molecule has 2 rings (SSSR count). The Labute approximate surface area is 114 Å². The first-order valence-corrected chi connectivity index (χ1v) is 6.22. The lowest BCUT2D eigenvalue weighted by Crippen LogP contribution is -2.31. The minimum Gasteiger partial charge on any atom is -0.273 e. The van der Waals surface area contributed by atoms with Crippen molar-refractivity contribution in [3.8, 4) is 0 Å². The van der Waals surface area contributed by atoms with E-state index < -0.39 is 4.92 Å². The van der Waals surface area contributed by atoms with Crippen LogP contribution in [0.3, 0.4) is 0 Å². The zero-order valence-corrected chi connectivity index (χ0v) is 10.8. The number of nitro benzene ring substituents is 1. The van der Waals surface area contributed by atoms with E-state index in [4.69, 9.17) is 11.6 Å². The summed E-state index contributed by atoms with van der Waals surface area (Å²) in [6, 6.07) is 4.04. The average Bonchev–Trinajstić information content (AvgIpc) is 2.28. The second kappa shape index (κ2) is 5.79. The average molecular weight is 282 g/mol. The molecular weight excluding hydrogens is 270 g/mol. The maximum atomic E-state index is 11.5. The van der Waals surface area contributed by atoms with Crippen LogP contribution >= 0.6 is 11.6 Å². The standard InChI is InChI=1S/C12H12ClN3O3/c13-11-5-4-10(16(18)19)6-9(11)7-14-15-12(17)8-2-1-3-8/h4-8H,1-3H2,(H,15,17). The zero-order valence-electron chi connectivity index (χ0n) is 10.0. The van der Waals surface area contributed by atoms with Crippen LogP contribution in [0, 0.1) is 16.0 Å². The van der Waals surface area contributed by atoms with Gasteiger partial charge in [0.05, 0.1) is 11.1 Å². The Balaban J connectivity index is 2.03. The molecule has 0 aliphatic heterocycles. The van der Waals surface area contributed by atoms with Crippen molar-refractivity contribution >= 4 is 29.4 Å². The fourth-order valence-corrected chi connectivity index (χ4v) is 1.84. The van der Waals surface area contributed by atoms with Gasteiger partial charge in [-0.05, 0) is 18.9 Å². The number of non-ortho nitro benzene ring substituents is 1. The Morgan fingerprint density at radius 2 is 2.26 bits per heavy atom. The largest absolute Gasteiger partial charge is 0.273 e. The zero-order chi connectivity index (χ0) is 13.8. The minimum absolute atomic E-state index is 0.0396. The fraction of sp³-hybridized carbons (Fsp3) is 0.333. The lowest BCUT2D eigenvalue weighted by atomic mass is 9.85. The molecule has 0 saturated heterocycles. The van der Waals surface area contributed by atoms with Gasteiger partial charge in [0.2, 0.25) is 5.91 Å². The minimum atomic E-state index is -0.513. The van der Waals surface area contributed by atoms with E-state index in [2.05, 4.69) is 10.5 Å². The monoisotopic (exact) mass is 281 g/mol. The highest BCUT2D eigenvalue weighted by Gasteiger charge is 2.24. The molecule has 6 nitrogen and oxygen atoms in total. The number of carbonyl (C=O) groups excluding carboxylic acids is 1. The summed E-state index contributed by atoms with van der Waals surface area (Å²) in [5.41, 5.74) is 2.73. The van der Waals surface area contributed by atoms with Gasteiger partial charge in [-0.25, -0.2) is 5.43 Å². The summed E-state index contributed by atoms with van der Waals surface area (Å²) in [5.74, 6) is -0.0817. The third-order valence-electron chi connectivity index (χ3n) is 3.04. The number of nitrogens with one attached hydrogen (secondary N) is 1. The normalized spacial score (nSPS) is 15.2. The maximum absolute atomic E-state index is 11.5. The number of carbonyl (C=O) groups is 1. The van der Waals surface area contributed by atoms with Gasteiger partial charge in [0.1, 0.15) is 0 Å². The molecule has 0 unspecified atom stereocenters. The van der Waals surface area contributed by atoms with E-state index in [0.29, 0.717) is 10.6 Å². The van der Waals surface area contributed by atoms with Gasteiger partial charge in [0, 0.05) is 28.6 Å². The molecule has 7 heteroatoms. The number of hydrogen-bond donors (Lipinski definition) is 1. The van der Waals surface area contributed by atoms with Crippen molar-refractivity contribution in [2.24, 2.45) is 11.0 Å². The van der Waals surface area contributed by atoms with E-state index in [1.165, 1.54) is 24.4 Å². The molecule has 0 aromatic heterocycles. The highest BCUT2D eigenvalue weighted by Crippen LogP contribution is 2.26. The summed E-state index contributed by atoms with van der Waals surface area (Å²) in [4.78, 5) is 21.6. The van der Waals surface area contributed by atoms with Crippen molar-refractivity contribution in [3.63, 3.8) is 0 Å². The molecule has 1 fully saturated rings. The van der Waals surface area contributed by atoms with Gasteiger partial charge in [0.25, 0.3) is 5.69 Å². The molecule has 0 spiro atoms. The van der Waals surface area contributed by atoms with E-state index in [0.717, 1.165) is 19.3 Å². The predicted octanol–water partition coefficient (Wildman–Crippen LogP) is 2.50. The summed E-state index contributed by atoms with van der Waals surface area (Å²) in [6.07, 6.45) is 4.16. The lowest BCUT2D eigenvalue weighted by Gasteiger charge is -2.22. The fourth-order valence-electron chi connectivity index (χ4n) is 1.67. The SMILES string of the molecule is O=C(NN=Cc1cc([N+](=O)[O-])ccc1Cl)C1CCC1. The van der Waals surface area contributed by atoms with Crippen LogP contribution in [0.1, 0.15) is 24.8 Å². The van der Waals surface area contributed by atoms with Gasteiger partial charge in [-0.15, -0.1) is 0 Å². The first-order valence-electron chi connectivity index (χ1n) is 5.85. The van der Waals surface area contributed by atoms with Crippen LogP contribution in [0.5, 0.6) is 0 Å². The number of rotatable bonds is 4. The Bertz CT molecular complexity index is 541. The predicted molar refractivity (Wildman–Crippen MR) is 71.2 cm³/mol. The molecule has 1 aliphatic rings. The molecule has 1 aromatic rings. The molecular formula is C12H12ClN3O3. The van der Waals surface area contributed by atoms with E-state index in [1.54, 1.807) is 0 Å². The molecule has 19 heavy (non-hydrogen) atoms. The third kappa shape index (κ3) is 3.29. The van der Waals surface area contributed by atoms with Gasteiger partial charge in [0.15, 0.2) is 0 Å². The summed E-state index contributed by atoms with van der Waals surface area (Å²) in [5, 5.41) is 14.7. The topological polar surface area (TPSA) is 84.6 Å². The molecule has 1 aromatic carbocycles. The highest BCUT2D eigenvalue weighted by atomic mass is 35.5. The van der Waals surface area contributed by atoms with Crippen molar-refractivity contribution in [2.75, 3.05) is 0 Å². The van der Waals surface area contributed by atoms with Gasteiger partial charge in [-0.2, -0.15) is 5.10 Å². The van der Waals surface area contributed by atoms with Crippen molar-refractivity contribution in [1.82, 2.24) is 5.43 Å². The summed E-state index contributed by atoms with van der Waals surface area (Å²) in [6.45, 7) is 0. The number of halogens is 1. The van der Waals surface area contributed by atoms with Gasteiger partial charge in [-0.1, -0.05) is 18.0 Å². The molecule has 0 bridgehead atoms. The molecule has 100 valence electrons. The van der Waals surface area contributed by atoms with Crippen LogP contribution in [0.25, 0.3) is 0 Å². The lowest BCUT2D eigenvalue weighted by molar-refractivity contribution is -0.384. The highest BCUT2D eigenvalue weighted by molar-refractivity contribution is 6.33. The second-order valence-electron chi connectivity index (χ2n) is 4.33. The number of hydrazone groups is 1. The van der Waals surface area contributed by atoms with E-state index in [1.807, 2.05) is 0 Å². The van der Waals surface area contributed by atoms with Crippen LogP contribution in [-0.2, 0) is 4.79 Å². The van der Waals surface area contributed by atoms with Crippen LogP contribution in [0.15, 0.2) is 23.3 Å². The van der Waals surface area contributed by atoms with E-state index >= 15 is 0 Å². The summed E-state index contributed by atoms with van der Waals surface area (Å²) in [7, 11) is 0. The van der Waals surface area contributed by atoms with Gasteiger partial charge in [-0.3, -0.25) is 14.9 Å². The van der Waals surface area contributed by atoms with E-state index in [9.17, 15) is 14.9 Å². The molecule has 1 saturated carbocycles. The number of benzene rings is 1. The smallest absolute Gasteiger partial charge is 0.270 e. The number of hydrogen-bond acceptors (Lipinski definition) is 4. The maximum Gasteiger partial charge on any atom is 0.270 e. The number of nitrogens with zero attached hydrogens (tertiary/aromatic N) is 2. The summed E-state index contributed by atoms with van der Waals surface area (Å²) >= 11 is 5.89. The van der Waals surface area contributed by atoms with Crippen molar-refractivity contribution in [2.45, 2.75) is 19.3 Å². The van der Waals surface area contributed by atoms with Crippen LogP contribution in [-0.4, -0.2) is 17.0 Å². The number of amides is 1. The van der Waals surface area contributed by atoms with E-state index in [-0.39, 0.29) is 17.5 Å². The molecule has 0 heterocycles. The van der Waals surface area contributed by atoms with Crippen LogP contribution in [0.2, 0.25) is 5.02 Å². The van der Waals surface area contributed by atoms with Gasteiger partial charge >= 0.3 is 0 Å². The Kier molecular flexibility index (Phi) is 4.11. The quantitative estimate of drug-likeness (QED) is 0.523. The number of nitro groups is 1. The first-order chi connectivity index (χ1) is 9.08. The third-order valence-corrected chi connectivity index (χ3v) is 3.39. The Morgan fingerprint density at radius 1 is 1.53 bits per heavy atom. The van der Waals surface area contributed by atoms with Crippen molar-refractivity contribution < 1.29 is 9.72 Å². The molecule has 0 radical (unpaired) electrons. The molecule has 0 atom stereocenters. The van der Waals surface area contributed by atoms with Crippen molar-refractivity contribution in [3.05, 3.63) is 38.9 Å². The Morgan fingerprint density at radius 3 is 2.84 bits per heavy atom. The summed E-state index contributed by atoms with van der Waals surface area (Å²) < 4.78 is 0. The van der Waals surface area contributed by atoms with Crippen LogP contribution < -0.4 is 5.43 Å². The Hall–Kier alpha value is -1.95. The molecule has 1 amide bonds. The molecule has 1 N–H and O–H groups in total. The van der Waals surface area contributed by atoms with Crippen molar-refractivity contribution in [1.29, 1.82) is 0 Å². The molecule has 1 aliphatic carbocycles. The van der Waals surface area contributed by atoms with Crippen LogP contribution in [0.4, 0.5) is 5.69 Å². The second-order valence-corrected chi connectivity index (χ2v) is 4.73. The van der Waals surface area contributed by atoms with Gasteiger partial charge < -0.3 is 0 Å². The first kappa shape index (κ1) is 13.5.